The Labute approximate surface area is 82.1 Å². The zero-order valence-corrected chi connectivity index (χ0v) is 8.34. The number of hydrogen-bond donors (Lipinski definition) is 1. The van der Waals surface area contributed by atoms with Crippen LogP contribution in [0.2, 0.25) is 5.02 Å². The van der Waals surface area contributed by atoms with Gasteiger partial charge in [-0.15, -0.1) is 0 Å². The van der Waals surface area contributed by atoms with E-state index in [1.165, 1.54) is 6.07 Å². The van der Waals surface area contributed by atoms with Gasteiger partial charge < -0.3 is 10.3 Å². The second-order valence-electron chi connectivity index (χ2n) is 2.97. The molecule has 0 saturated carbocycles. The molecule has 0 bridgehead atoms. The highest BCUT2D eigenvalue weighted by atomic mass is 35.5. The van der Waals surface area contributed by atoms with E-state index in [-0.39, 0.29) is 11.2 Å². The van der Waals surface area contributed by atoms with E-state index in [1.54, 1.807) is 10.8 Å². The van der Waals surface area contributed by atoms with Gasteiger partial charge in [0.15, 0.2) is 0 Å². The van der Waals surface area contributed by atoms with Crippen LogP contribution in [-0.4, -0.2) is 4.57 Å². The number of rotatable bonds is 3. The Morgan fingerprint density at radius 3 is 2.92 bits per heavy atom. The lowest BCUT2D eigenvalue weighted by Gasteiger charge is -2.05. The number of aryl methyl sites for hydroxylation is 1. The van der Waals surface area contributed by atoms with Gasteiger partial charge >= 0.3 is 0 Å². The van der Waals surface area contributed by atoms with Crippen LogP contribution < -0.4 is 11.3 Å². The van der Waals surface area contributed by atoms with Crippen molar-refractivity contribution in [3.8, 4) is 0 Å². The van der Waals surface area contributed by atoms with Gasteiger partial charge in [0.2, 0.25) is 0 Å². The normalized spacial score (nSPS) is 10.3. The first-order chi connectivity index (χ1) is 6.15. The van der Waals surface area contributed by atoms with Gasteiger partial charge in [-0.05, 0) is 12.5 Å². The number of aromatic nitrogens is 1. The third-order valence-corrected chi connectivity index (χ3v) is 2.04. The first-order valence-corrected chi connectivity index (χ1v) is 4.68. The van der Waals surface area contributed by atoms with E-state index in [2.05, 4.69) is 6.92 Å². The molecule has 3 nitrogen and oxygen atoms in total. The predicted molar refractivity (Wildman–Crippen MR) is 55.0 cm³/mol. The number of halogens is 1. The van der Waals surface area contributed by atoms with Gasteiger partial charge in [0.25, 0.3) is 5.56 Å². The number of nitrogens with zero attached hydrogens (tertiary/aromatic N) is 1. The van der Waals surface area contributed by atoms with Crippen molar-refractivity contribution < 1.29 is 0 Å². The maximum atomic E-state index is 11.4. The van der Waals surface area contributed by atoms with Gasteiger partial charge in [0.05, 0.1) is 10.7 Å². The maximum Gasteiger partial charge on any atom is 0.273 e. The van der Waals surface area contributed by atoms with Crippen molar-refractivity contribution in [1.29, 1.82) is 0 Å². The zero-order valence-electron chi connectivity index (χ0n) is 7.59. The van der Waals surface area contributed by atoms with Gasteiger partial charge in [-0.1, -0.05) is 24.9 Å². The first-order valence-electron chi connectivity index (χ1n) is 4.30. The molecule has 1 aromatic heterocycles. The van der Waals surface area contributed by atoms with E-state index in [9.17, 15) is 4.79 Å². The zero-order chi connectivity index (χ0) is 9.84. The lowest BCUT2D eigenvalue weighted by molar-refractivity contribution is 0.614. The number of nitrogen functional groups attached to an aromatic ring is 1. The molecule has 2 N–H and O–H groups in total. The Balaban J connectivity index is 2.99. The summed E-state index contributed by atoms with van der Waals surface area (Å²) in [7, 11) is 0. The van der Waals surface area contributed by atoms with Crippen LogP contribution >= 0.6 is 11.6 Å². The Bertz CT molecular complexity index is 346. The number of anilines is 1. The van der Waals surface area contributed by atoms with Crippen LogP contribution in [0.5, 0.6) is 0 Å². The Hall–Kier alpha value is -0.960. The molecular weight excluding hydrogens is 188 g/mol. The van der Waals surface area contributed by atoms with Crippen LogP contribution in [0.15, 0.2) is 17.1 Å². The molecule has 0 fully saturated rings. The third kappa shape index (κ3) is 2.49. The molecule has 0 saturated heterocycles. The smallest absolute Gasteiger partial charge is 0.273 e. The monoisotopic (exact) mass is 200 g/mol. The highest BCUT2D eigenvalue weighted by molar-refractivity contribution is 6.30. The minimum Gasteiger partial charge on any atom is -0.394 e. The molecule has 0 aliphatic heterocycles. The highest BCUT2D eigenvalue weighted by Gasteiger charge is 2.01. The molecule has 4 heteroatoms. The summed E-state index contributed by atoms with van der Waals surface area (Å²) in [5, 5.41) is 0.508. The highest BCUT2D eigenvalue weighted by Crippen LogP contribution is 2.08. The van der Waals surface area contributed by atoms with E-state index in [0.29, 0.717) is 11.6 Å². The Morgan fingerprint density at radius 2 is 2.31 bits per heavy atom. The molecular formula is C9H13ClN2O. The lowest BCUT2D eigenvalue weighted by atomic mass is 10.3. The summed E-state index contributed by atoms with van der Waals surface area (Å²) in [5.74, 6) is 0. The Kier molecular flexibility index (Phi) is 3.37. The first kappa shape index (κ1) is 10.1. The van der Waals surface area contributed by atoms with Crippen molar-refractivity contribution in [3.05, 3.63) is 27.6 Å². The molecule has 0 aliphatic rings. The fourth-order valence-corrected chi connectivity index (χ4v) is 1.35. The summed E-state index contributed by atoms with van der Waals surface area (Å²) in [6, 6.07) is 1.48. The molecule has 0 unspecified atom stereocenters. The van der Waals surface area contributed by atoms with E-state index in [0.717, 1.165) is 12.8 Å². The summed E-state index contributed by atoms with van der Waals surface area (Å²) in [6.45, 7) is 2.75. The SMILES string of the molecule is CCCCn1cc(Cl)cc(N)c1=O. The molecule has 0 spiro atoms. The van der Waals surface area contributed by atoms with E-state index >= 15 is 0 Å². The summed E-state index contributed by atoms with van der Waals surface area (Å²) in [6.07, 6.45) is 3.62. The predicted octanol–water partition coefficient (Wildman–Crippen LogP) is 1.88. The molecule has 0 aromatic carbocycles. The fraction of sp³-hybridized carbons (Fsp3) is 0.444. The van der Waals surface area contributed by atoms with Crippen LogP contribution in [0.25, 0.3) is 0 Å². The average molecular weight is 201 g/mol. The van der Waals surface area contributed by atoms with Crippen LogP contribution in [0.3, 0.4) is 0 Å². The standard InChI is InChI=1S/C9H13ClN2O/c1-2-3-4-12-6-7(10)5-8(11)9(12)13/h5-6H,2-4,11H2,1H3. The minimum absolute atomic E-state index is 0.155. The molecule has 13 heavy (non-hydrogen) atoms. The van der Waals surface area contributed by atoms with Crippen molar-refractivity contribution >= 4 is 17.3 Å². The summed E-state index contributed by atoms with van der Waals surface area (Å²) >= 11 is 5.76. The quantitative estimate of drug-likeness (QED) is 0.810. The molecule has 1 heterocycles. The summed E-state index contributed by atoms with van der Waals surface area (Å²) < 4.78 is 1.56. The van der Waals surface area contributed by atoms with Gasteiger partial charge in [-0.25, -0.2) is 0 Å². The van der Waals surface area contributed by atoms with Gasteiger partial charge in [0.1, 0.15) is 0 Å². The van der Waals surface area contributed by atoms with Crippen LogP contribution in [0.4, 0.5) is 5.69 Å². The van der Waals surface area contributed by atoms with E-state index in [4.69, 9.17) is 17.3 Å². The largest absolute Gasteiger partial charge is 0.394 e. The third-order valence-electron chi connectivity index (χ3n) is 1.83. The number of hydrogen-bond acceptors (Lipinski definition) is 2. The average Bonchev–Trinajstić information content (AvgIpc) is 2.09. The summed E-state index contributed by atoms with van der Waals surface area (Å²) in [4.78, 5) is 11.4. The van der Waals surface area contributed by atoms with Crippen molar-refractivity contribution in [2.24, 2.45) is 0 Å². The molecule has 0 aliphatic carbocycles. The van der Waals surface area contributed by atoms with Gasteiger partial charge in [-0.2, -0.15) is 0 Å². The maximum absolute atomic E-state index is 11.4. The lowest BCUT2D eigenvalue weighted by Crippen LogP contribution is -2.22. The second kappa shape index (κ2) is 4.33. The van der Waals surface area contributed by atoms with Crippen molar-refractivity contribution in [2.45, 2.75) is 26.3 Å². The fourth-order valence-electron chi connectivity index (χ4n) is 1.12. The van der Waals surface area contributed by atoms with Crippen LogP contribution in [0, 0.1) is 0 Å². The molecule has 0 atom stereocenters. The van der Waals surface area contributed by atoms with Gasteiger partial charge in [0, 0.05) is 12.7 Å². The van der Waals surface area contributed by atoms with Crippen molar-refractivity contribution in [2.75, 3.05) is 5.73 Å². The van der Waals surface area contributed by atoms with Crippen LogP contribution in [0.1, 0.15) is 19.8 Å². The van der Waals surface area contributed by atoms with E-state index in [1.807, 2.05) is 0 Å². The molecule has 72 valence electrons. The minimum atomic E-state index is -0.155. The number of pyridine rings is 1. The number of unbranched alkanes of at least 4 members (excludes halogenated alkanes) is 1. The van der Waals surface area contributed by atoms with Crippen molar-refractivity contribution in [1.82, 2.24) is 4.57 Å². The van der Waals surface area contributed by atoms with Crippen molar-refractivity contribution in [3.63, 3.8) is 0 Å². The topological polar surface area (TPSA) is 48.0 Å². The molecule has 0 radical (unpaired) electrons. The molecule has 0 amide bonds. The molecule has 1 aromatic rings. The summed E-state index contributed by atoms with van der Waals surface area (Å²) in [5.41, 5.74) is 5.53. The Morgan fingerprint density at radius 1 is 1.62 bits per heavy atom. The number of nitrogens with two attached hydrogens (primary N) is 1. The van der Waals surface area contributed by atoms with Crippen LogP contribution in [-0.2, 0) is 6.54 Å². The van der Waals surface area contributed by atoms with Gasteiger partial charge in [-0.3, -0.25) is 4.79 Å². The molecule has 1 rings (SSSR count). The van der Waals surface area contributed by atoms with E-state index < -0.39 is 0 Å². The second-order valence-corrected chi connectivity index (χ2v) is 3.40.